The third-order valence-corrected chi connectivity index (χ3v) is 5.09. The Hall–Kier alpha value is -2.34. The highest BCUT2D eigenvalue weighted by Crippen LogP contribution is 2.21. The molecule has 0 radical (unpaired) electrons. The third kappa shape index (κ3) is 14.3. The number of alkyl halides is 3. The molecule has 12 heteroatoms. The van der Waals surface area contributed by atoms with Crippen LogP contribution in [0.2, 0.25) is 0 Å². The van der Waals surface area contributed by atoms with Crippen molar-refractivity contribution in [2.75, 3.05) is 24.7 Å². The number of rotatable bonds is 11. The molecule has 0 aromatic heterocycles. The van der Waals surface area contributed by atoms with Crippen LogP contribution in [0.4, 0.5) is 13.2 Å². The van der Waals surface area contributed by atoms with Crippen molar-refractivity contribution >= 4 is 39.4 Å². The molecule has 0 bridgehead atoms. The molecule has 0 saturated carbocycles. The quantitative estimate of drug-likeness (QED) is 0.264. The van der Waals surface area contributed by atoms with E-state index < -0.39 is 18.1 Å². The molecule has 1 rings (SSSR count). The maximum Gasteiger partial charge on any atom is 0.490 e. The number of amides is 1. The molecule has 0 aliphatic rings. The van der Waals surface area contributed by atoms with Crippen LogP contribution < -0.4 is 10.1 Å². The van der Waals surface area contributed by atoms with Gasteiger partial charge in [0, 0.05) is 23.6 Å². The number of carbonyl (C=O) groups excluding carboxylic acids is 1. The van der Waals surface area contributed by atoms with Gasteiger partial charge in [-0.15, -0.1) is 0 Å². The Balaban J connectivity index is 0.000000956. The van der Waals surface area contributed by atoms with Gasteiger partial charge in [0.1, 0.15) is 12.4 Å². The van der Waals surface area contributed by atoms with E-state index in [9.17, 15) is 22.8 Å². The van der Waals surface area contributed by atoms with Gasteiger partial charge in [-0.25, -0.2) is 4.79 Å². The lowest BCUT2D eigenvalue weighted by Crippen LogP contribution is -2.25. The lowest BCUT2D eigenvalue weighted by Gasteiger charge is -2.06. The minimum atomic E-state index is -5.08. The van der Waals surface area contributed by atoms with E-state index >= 15 is 0 Å². The van der Waals surface area contributed by atoms with Crippen molar-refractivity contribution in [3.05, 3.63) is 42.5 Å². The van der Waals surface area contributed by atoms with Gasteiger partial charge in [0.25, 0.3) is 5.91 Å². The second-order valence-corrected chi connectivity index (χ2v) is 7.67. The summed E-state index contributed by atoms with van der Waals surface area (Å²) in [6.45, 7) is 4.54. The first-order valence-electron chi connectivity index (χ1n) is 7.96. The number of carbonyl (C=O) groups is 3. The summed E-state index contributed by atoms with van der Waals surface area (Å²) >= 11 is 0. The Morgan fingerprint density at radius 1 is 1.10 bits per heavy atom. The standard InChI is InChI=1S/C15H19NO4S2.C2HF3O2/c1-2-9-20-13-5-3-12(4-6-13)15(19)16-8-11-22-21-10-7-14(17)18;3-2(4,5)1(6)7/h2-6H,1,7-11H2,(H,16,19)(H,17,18);(H,6,7). The molecule has 162 valence electrons. The first kappa shape index (κ1) is 26.7. The number of hydrogen-bond donors (Lipinski definition) is 3. The summed E-state index contributed by atoms with van der Waals surface area (Å²) in [5, 5.41) is 18.4. The van der Waals surface area contributed by atoms with Crippen LogP contribution in [0.25, 0.3) is 0 Å². The van der Waals surface area contributed by atoms with Gasteiger partial charge in [0.05, 0.1) is 6.42 Å². The van der Waals surface area contributed by atoms with Crippen molar-refractivity contribution in [3.63, 3.8) is 0 Å². The van der Waals surface area contributed by atoms with E-state index in [0.29, 0.717) is 30.2 Å². The van der Waals surface area contributed by atoms with Gasteiger partial charge >= 0.3 is 18.1 Å². The monoisotopic (exact) mass is 455 g/mol. The lowest BCUT2D eigenvalue weighted by atomic mass is 10.2. The van der Waals surface area contributed by atoms with E-state index in [1.54, 1.807) is 41.1 Å². The van der Waals surface area contributed by atoms with Gasteiger partial charge in [-0.1, -0.05) is 34.2 Å². The first-order chi connectivity index (χ1) is 13.6. The van der Waals surface area contributed by atoms with Crippen molar-refractivity contribution in [2.45, 2.75) is 12.6 Å². The van der Waals surface area contributed by atoms with Crippen LogP contribution in [0.1, 0.15) is 16.8 Å². The highest BCUT2D eigenvalue weighted by Gasteiger charge is 2.38. The van der Waals surface area contributed by atoms with Crippen LogP contribution in [0.5, 0.6) is 5.75 Å². The number of ether oxygens (including phenoxy) is 1. The molecule has 0 aliphatic heterocycles. The Morgan fingerprint density at radius 3 is 2.14 bits per heavy atom. The summed E-state index contributed by atoms with van der Waals surface area (Å²) in [4.78, 5) is 31.1. The van der Waals surface area contributed by atoms with Gasteiger partial charge < -0.3 is 20.3 Å². The lowest BCUT2D eigenvalue weighted by molar-refractivity contribution is -0.192. The van der Waals surface area contributed by atoms with Crippen molar-refractivity contribution in [1.82, 2.24) is 5.32 Å². The SMILES string of the molecule is C=CCOc1ccc(C(=O)NCCSSCCC(=O)O)cc1.O=C(O)C(F)(F)F. The molecule has 0 spiro atoms. The number of carboxylic acid groups (broad SMARTS) is 2. The van der Waals surface area contributed by atoms with Crippen LogP contribution in [-0.4, -0.2) is 58.9 Å². The summed E-state index contributed by atoms with van der Waals surface area (Å²) < 4.78 is 37.1. The molecule has 1 amide bonds. The molecular weight excluding hydrogens is 435 g/mol. The molecule has 7 nitrogen and oxygen atoms in total. The number of hydrogen-bond acceptors (Lipinski definition) is 6. The van der Waals surface area contributed by atoms with Crippen molar-refractivity contribution < 1.29 is 42.5 Å². The molecule has 0 fully saturated rings. The molecule has 0 atom stereocenters. The maximum atomic E-state index is 11.9. The average molecular weight is 455 g/mol. The summed E-state index contributed by atoms with van der Waals surface area (Å²) in [6.07, 6.45) is -3.27. The van der Waals surface area contributed by atoms with E-state index in [1.807, 2.05) is 0 Å². The van der Waals surface area contributed by atoms with E-state index in [2.05, 4.69) is 11.9 Å². The van der Waals surface area contributed by atoms with Gasteiger partial charge in [-0.3, -0.25) is 9.59 Å². The Bertz CT molecular complexity index is 668. The van der Waals surface area contributed by atoms with E-state index in [4.69, 9.17) is 19.7 Å². The van der Waals surface area contributed by atoms with Crippen molar-refractivity contribution in [2.24, 2.45) is 0 Å². The van der Waals surface area contributed by atoms with Crippen LogP contribution in [0.15, 0.2) is 36.9 Å². The predicted molar refractivity (Wildman–Crippen MR) is 105 cm³/mol. The zero-order valence-corrected chi connectivity index (χ0v) is 16.7. The fraction of sp³-hybridized carbons (Fsp3) is 0.353. The minimum Gasteiger partial charge on any atom is -0.490 e. The molecule has 0 unspecified atom stereocenters. The Kier molecular flexibility index (Phi) is 13.4. The summed E-state index contributed by atoms with van der Waals surface area (Å²) in [7, 11) is 3.05. The molecule has 3 N–H and O–H groups in total. The largest absolute Gasteiger partial charge is 0.490 e. The molecule has 0 aliphatic carbocycles. The average Bonchev–Trinajstić information content (AvgIpc) is 2.65. The fourth-order valence-electron chi connectivity index (χ4n) is 1.41. The second kappa shape index (κ2) is 14.6. The zero-order chi connectivity index (χ0) is 22.3. The van der Waals surface area contributed by atoms with Crippen LogP contribution >= 0.6 is 21.6 Å². The molecule has 29 heavy (non-hydrogen) atoms. The van der Waals surface area contributed by atoms with Gasteiger partial charge in [-0.2, -0.15) is 13.2 Å². The number of nitrogens with one attached hydrogen (secondary N) is 1. The molecular formula is C17H20F3NO6S2. The normalized spacial score (nSPS) is 10.3. The van der Waals surface area contributed by atoms with Crippen molar-refractivity contribution in [1.29, 1.82) is 0 Å². The zero-order valence-electron chi connectivity index (χ0n) is 15.1. The number of benzene rings is 1. The van der Waals surface area contributed by atoms with Crippen LogP contribution in [0, 0.1) is 0 Å². The predicted octanol–water partition coefficient (Wildman–Crippen LogP) is 3.47. The topological polar surface area (TPSA) is 113 Å². The number of halogens is 3. The summed E-state index contributed by atoms with van der Waals surface area (Å²) in [5.41, 5.74) is 0.578. The van der Waals surface area contributed by atoms with Gasteiger partial charge in [0.2, 0.25) is 0 Å². The van der Waals surface area contributed by atoms with E-state index in [-0.39, 0.29) is 12.3 Å². The Labute approximate surface area is 173 Å². The minimum absolute atomic E-state index is 0.133. The number of carboxylic acids is 2. The van der Waals surface area contributed by atoms with Gasteiger partial charge in [0.15, 0.2) is 0 Å². The molecule has 1 aromatic carbocycles. The molecule has 0 heterocycles. The number of aliphatic carboxylic acids is 2. The second-order valence-electron chi connectivity index (χ2n) is 4.97. The maximum absolute atomic E-state index is 11.9. The first-order valence-corrected chi connectivity index (χ1v) is 10.4. The highest BCUT2D eigenvalue weighted by molar-refractivity contribution is 8.76. The third-order valence-electron chi connectivity index (χ3n) is 2.68. The molecule has 0 saturated heterocycles. The van der Waals surface area contributed by atoms with Crippen LogP contribution in [0.3, 0.4) is 0 Å². The summed E-state index contributed by atoms with van der Waals surface area (Å²) in [6, 6.07) is 6.91. The van der Waals surface area contributed by atoms with E-state index in [1.165, 1.54) is 10.8 Å². The smallest absolute Gasteiger partial charge is 0.490 e. The van der Waals surface area contributed by atoms with Crippen LogP contribution in [-0.2, 0) is 9.59 Å². The Morgan fingerprint density at radius 2 is 1.66 bits per heavy atom. The summed E-state index contributed by atoms with van der Waals surface area (Å²) in [5.74, 6) is -1.68. The fourth-order valence-corrected chi connectivity index (χ4v) is 3.30. The van der Waals surface area contributed by atoms with Gasteiger partial charge in [-0.05, 0) is 24.3 Å². The van der Waals surface area contributed by atoms with E-state index in [0.717, 1.165) is 5.75 Å². The van der Waals surface area contributed by atoms with Crippen molar-refractivity contribution in [3.8, 4) is 5.75 Å². The molecule has 1 aromatic rings. The highest BCUT2D eigenvalue weighted by atomic mass is 33.1.